The van der Waals surface area contributed by atoms with E-state index in [1.807, 2.05) is 61.5 Å². The van der Waals surface area contributed by atoms with Crippen LogP contribution in [0.25, 0.3) is 0 Å². The van der Waals surface area contributed by atoms with Gasteiger partial charge in [0.15, 0.2) is 5.96 Å². The Labute approximate surface area is 210 Å². The number of ether oxygens (including phenoxy) is 1. The highest BCUT2D eigenvalue weighted by Crippen LogP contribution is 2.20. The number of nitrogens with zero attached hydrogens (tertiary/aromatic N) is 2. The summed E-state index contributed by atoms with van der Waals surface area (Å²) in [5.41, 5.74) is 3.29. The molecule has 3 rings (SSSR count). The van der Waals surface area contributed by atoms with Crippen molar-refractivity contribution in [2.24, 2.45) is 4.99 Å². The maximum Gasteiger partial charge on any atom is 0.401 e. The molecule has 1 fully saturated rings. The smallest absolute Gasteiger partial charge is 0.372 e. The van der Waals surface area contributed by atoms with E-state index < -0.39 is 12.7 Å². The Morgan fingerprint density at radius 1 is 1.03 bits per heavy atom. The van der Waals surface area contributed by atoms with E-state index in [1.165, 1.54) is 4.90 Å². The molecule has 0 radical (unpaired) electrons. The Kier molecular flexibility index (Phi) is 11.4. The zero-order chi connectivity index (χ0) is 22.8. The largest absolute Gasteiger partial charge is 0.401 e. The van der Waals surface area contributed by atoms with Crippen molar-refractivity contribution in [1.29, 1.82) is 0 Å². The van der Waals surface area contributed by atoms with Crippen molar-refractivity contribution in [3.05, 3.63) is 71.3 Å². The maximum absolute atomic E-state index is 12.6. The van der Waals surface area contributed by atoms with Crippen molar-refractivity contribution in [2.45, 2.75) is 45.3 Å². The Balaban J connectivity index is 0.00000385. The first-order valence-electron chi connectivity index (χ1n) is 10.9. The molecule has 0 saturated carbocycles. The van der Waals surface area contributed by atoms with E-state index in [0.29, 0.717) is 51.8 Å². The molecule has 0 spiro atoms. The quantitative estimate of drug-likeness (QED) is 0.258. The Bertz CT molecular complexity index is 847. The van der Waals surface area contributed by atoms with E-state index in [2.05, 4.69) is 15.6 Å². The van der Waals surface area contributed by atoms with Crippen LogP contribution in [0.1, 0.15) is 30.0 Å². The molecular formula is C24H32F3IN4O. The summed E-state index contributed by atoms with van der Waals surface area (Å²) >= 11 is 0. The highest BCUT2D eigenvalue weighted by atomic mass is 127. The second-order valence-electron chi connectivity index (χ2n) is 7.97. The van der Waals surface area contributed by atoms with Gasteiger partial charge in [-0.25, -0.2) is 4.99 Å². The van der Waals surface area contributed by atoms with E-state index in [9.17, 15) is 13.2 Å². The molecule has 0 aromatic heterocycles. The average molecular weight is 576 g/mol. The van der Waals surface area contributed by atoms with Crippen molar-refractivity contribution in [1.82, 2.24) is 15.5 Å². The fraction of sp³-hybridized carbons (Fsp3) is 0.458. The lowest BCUT2D eigenvalue weighted by Gasteiger charge is -2.19. The summed E-state index contributed by atoms with van der Waals surface area (Å²) in [7, 11) is 0. The molecule has 2 N–H and O–H groups in total. The first-order valence-corrected chi connectivity index (χ1v) is 10.9. The molecule has 9 heteroatoms. The Hall–Kier alpha value is -1.85. The molecular weight excluding hydrogens is 544 g/mol. The summed E-state index contributed by atoms with van der Waals surface area (Å²) in [6.45, 7) is 4.19. The van der Waals surface area contributed by atoms with Gasteiger partial charge in [0.25, 0.3) is 0 Å². The molecule has 1 aliphatic heterocycles. The van der Waals surface area contributed by atoms with Crippen molar-refractivity contribution < 1.29 is 17.9 Å². The molecule has 5 nitrogen and oxygen atoms in total. The van der Waals surface area contributed by atoms with E-state index in [0.717, 1.165) is 16.7 Å². The summed E-state index contributed by atoms with van der Waals surface area (Å²) in [4.78, 5) is 6.03. The monoisotopic (exact) mass is 576 g/mol. The normalized spacial score (nSPS) is 17.0. The van der Waals surface area contributed by atoms with Crippen LogP contribution in [-0.2, 0) is 24.5 Å². The average Bonchev–Trinajstić information content (AvgIpc) is 3.19. The van der Waals surface area contributed by atoms with Gasteiger partial charge in [0.1, 0.15) is 0 Å². The minimum Gasteiger partial charge on any atom is -0.372 e. The van der Waals surface area contributed by atoms with E-state index >= 15 is 0 Å². The van der Waals surface area contributed by atoms with Gasteiger partial charge in [-0.05, 0) is 30.0 Å². The standard InChI is InChI=1S/C24H31F3N4O.HI/c1-2-28-23(30-22-12-13-31(15-22)18-24(25,26)27)29-14-19-8-10-21(11-9-19)17-32-16-20-6-4-3-5-7-20;/h3-11,22H,2,12-18H2,1H3,(H2,28,29,30);1H. The first kappa shape index (κ1) is 27.4. The minimum atomic E-state index is -4.16. The van der Waals surface area contributed by atoms with Crippen LogP contribution in [0.4, 0.5) is 13.2 Å². The van der Waals surface area contributed by atoms with Crippen LogP contribution in [0.5, 0.6) is 0 Å². The number of guanidine groups is 1. The fourth-order valence-corrected chi connectivity index (χ4v) is 3.63. The molecule has 1 aliphatic rings. The van der Waals surface area contributed by atoms with Crippen LogP contribution in [-0.4, -0.2) is 49.3 Å². The lowest BCUT2D eigenvalue weighted by molar-refractivity contribution is -0.143. The van der Waals surface area contributed by atoms with Gasteiger partial charge in [0, 0.05) is 25.7 Å². The predicted octanol–water partition coefficient (Wildman–Crippen LogP) is 4.71. The van der Waals surface area contributed by atoms with Crippen LogP contribution in [0.3, 0.4) is 0 Å². The molecule has 2 aromatic rings. The molecule has 1 heterocycles. The number of likely N-dealkylation sites (tertiary alicyclic amines) is 1. The summed E-state index contributed by atoms with van der Waals surface area (Å²) in [5, 5.41) is 6.44. The predicted molar refractivity (Wildman–Crippen MR) is 136 cm³/mol. The molecule has 0 aliphatic carbocycles. The van der Waals surface area contributed by atoms with Gasteiger partial charge in [-0.15, -0.1) is 24.0 Å². The molecule has 1 saturated heterocycles. The third kappa shape index (κ3) is 10.3. The number of hydrogen-bond donors (Lipinski definition) is 2. The third-order valence-electron chi connectivity index (χ3n) is 5.18. The summed E-state index contributed by atoms with van der Waals surface area (Å²) in [6, 6.07) is 18.1. The van der Waals surface area contributed by atoms with E-state index in [4.69, 9.17) is 4.74 Å². The van der Waals surface area contributed by atoms with Crippen LogP contribution in [0.2, 0.25) is 0 Å². The zero-order valence-corrected chi connectivity index (χ0v) is 21.1. The number of alkyl halides is 3. The number of halogens is 4. The van der Waals surface area contributed by atoms with Gasteiger partial charge in [0.2, 0.25) is 0 Å². The van der Waals surface area contributed by atoms with Gasteiger partial charge in [-0.2, -0.15) is 13.2 Å². The zero-order valence-electron chi connectivity index (χ0n) is 18.8. The van der Waals surface area contributed by atoms with Crippen LogP contribution >= 0.6 is 24.0 Å². The van der Waals surface area contributed by atoms with Crippen molar-refractivity contribution in [2.75, 3.05) is 26.2 Å². The van der Waals surface area contributed by atoms with Crippen LogP contribution < -0.4 is 10.6 Å². The number of benzene rings is 2. The Morgan fingerprint density at radius 3 is 2.30 bits per heavy atom. The van der Waals surface area contributed by atoms with Crippen LogP contribution in [0.15, 0.2) is 59.6 Å². The van der Waals surface area contributed by atoms with Gasteiger partial charge in [-0.1, -0.05) is 54.6 Å². The highest BCUT2D eigenvalue weighted by Gasteiger charge is 2.34. The molecule has 1 atom stereocenters. The van der Waals surface area contributed by atoms with Crippen molar-refractivity contribution in [3.63, 3.8) is 0 Å². The van der Waals surface area contributed by atoms with Crippen molar-refractivity contribution in [3.8, 4) is 0 Å². The highest BCUT2D eigenvalue weighted by molar-refractivity contribution is 14.0. The van der Waals surface area contributed by atoms with Gasteiger partial charge < -0.3 is 15.4 Å². The molecule has 1 unspecified atom stereocenters. The minimum absolute atomic E-state index is 0. The number of rotatable bonds is 9. The molecule has 33 heavy (non-hydrogen) atoms. The molecule has 2 aromatic carbocycles. The fourth-order valence-electron chi connectivity index (χ4n) is 3.63. The summed E-state index contributed by atoms with van der Waals surface area (Å²) in [6.07, 6.45) is -3.50. The number of nitrogens with one attached hydrogen (secondary N) is 2. The van der Waals surface area contributed by atoms with Crippen molar-refractivity contribution >= 4 is 29.9 Å². The first-order chi connectivity index (χ1) is 15.4. The Morgan fingerprint density at radius 2 is 1.67 bits per heavy atom. The SMILES string of the molecule is CCNC(=NCc1ccc(COCc2ccccc2)cc1)NC1CCN(CC(F)(F)F)C1.I. The lowest BCUT2D eigenvalue weighted by Crippen LogP contribution is -2.45. The van der Waals surface area contributed by atoms with Gasteiger partial charge in [0.05, 0.1) is 26.3 Å². The third-order valence-corrected chi connectivity index (χ3v) is 5.18. The summed E-state index contributed by atoms with van der Waals surface area (Å²) < 4.78 is 43.6. The van der Waals surface area contributed by atoms with Crippen LogP contribution in [0, 0.1) is 0 Å². The second-order valence-corrected chi connectivity index (χ2v) is 7.97. The molecule has 0 bridgehead atoms. The molecule has 0 amide bonds. The number of hydrogen-bond acceptors (Lipinski definition) is 3. The van der Waals surface area contributed by atoms with Gasteiger partial charge in [-0.3, -0.25) is 4.90 Å². The second kappa shape index (κ2) is 13.8. The van der Waals surface area contributed by atoms with E-state index in [-0.39, 0.29) is 30.0 Å². The topological polar surface area (TPSA) is 48.9 Å². The molecule has 182 valence electrons. The van der Waals surface area contributed by atoms with Gasteiger partial charge >= 0.3 is 6.18 Å². The maximum atomic E-state index is 12.6. The summed E-state index contributed by atoms with van der Waals surface area (Å²) in [5.74, 6) is 0.627. The number of aliphatic imine (C=N–C) groups is 1. The lowest BCUT2D eigenvalue weighted by atomic mass is 10.1. The van der Waals surface area contributed by atoms with E-state index in [1.54, 1.807) is 0 Å².